The molecule has 3 N–H and O–H groups in total. The molecule has 8 nitrogen and oxygen atoms in total. The van der Waals surface area contributed by atoms with Gasteiger partial charge >= 0.3 is 0 Å². The summed E-state index contributed by atoms with van der Waals surface area (Å²) in [5.41, 5.74) is 4.35. The second-order valence-corrected chi connectivity index (χ2v) is 10.2. The van der Waals surface area contributed by atoms with Gasteiger partial charge in [-0.1, -0.05) is 41.9 Å². The fraction of sp³-hybridized carbons (Fsp3) is 0.226. The van der Waals surface area contributed by atoms with E-state index in [-0.39, 0.29) is 23.3 Å². The molecule has 0 saturated heterocycles. The maximum absolute atomic E-state index is 15.3. The Morgan fingerprint density at radius 3 is 2.46 bits per heavy atom. The third-order valence-corrected chi connectivity index (χ3v) is 6.77. The zero-order valence-corrected chi connectivity index (χ0v) is 24.1. The van der Waals surface area contributed by atoms with Crippen LogP contribution in [0.2, 0.25) is 5.02 Å². The molecular formula is C31H32ClFN6O2. The second kappa shape index (κ2) is 13.3. The standard InChI is InChI=1S/C31H32ClFN6O2/c1-19-15-22(26(33)17-24(19)20-9-11-21(12-10-20)30(40)34-2)16-28-36-18-25(32)29(38-28)37-27-8-6-5-7-23(27)31(41)35-13-14-39(3)4/h5-12,15,17-18H,13-14,16H2,1-4H3,(H,34,40)(H,35,41)(H,36,37,38). The number of halogens is 2. The highest BCUT2D eigenvalue weighted by Gasteiger charge is 2.16. The number of rotatable bonds is 10. The monoisotopic (exact) mass is 574 g/mol. The van der Waals surface area contributed by atoms with Crippen molar-refractivity contribution in [3.05, 3.63) is 106 Å². The molecule has 0 saturated carbocycles. The minimum atomic E-state index is -0.395. The van der Waals surface area contributed by atoms with E-state index in [2.05, 4.69) is 25.9 Å². The molecule has 1 aromatic heterocycles. The minimum absolute atomic E-state index is 0.140. The van der Waals surface area contributed by atoms with E-state index in [4.69, 9.17) is 11.6 Å². The predicted octanol–water partition coefficient (Wildman–Crippen LogP) is 5.23. The van der Waals surface area contributed by atoms with Crippen LogP contribution in [0.1, 0.15) is 37.7 Å². The van der Waals surface area contributed by atoms with Gasteiger partial charge in [0.15, 0.2) is 5.82 Å². The average molecular weight is 575 g/mol. The lowest BCUT2D eigenvalue weighted by molar-refractivity contribution is 0.0947. The lowest BCUT2D eigenvalue weighted by Crippen LogP contribution is -2.31. The number of carbonyl (C=O) groups excluding carboxylic acids is 2. The van der Waals surface area contributed by atoms with E-state index in [1.54, 1.807) is 61.6 Å². The van der Waals surface area contributed by atoms with Crippen molar-refractivity contribution in [2.24, 2.45) is 0 Å². The van der Waals surface area contributed by atoms with Gasteiger partial charge in [-0.3, -0.25) is 9.59 Å². The molecule has 2 amide bonds. The van der Waals surface area contributed by atoms with Crippen LogP contribution in [0.15, 0.2) is 66.9 Å². The molecule has 41 heavy (non-hydrogen) atoms. The van der Waals surface area contributed by atoms with E-state index >= 15 is 4.39 Å². The Hall–Kier alpha value is -4.34. The van der Waals surface area contributed by atoms with Crippen LogP contribution >= 0.6 is 11.6 Å². The number of nitrogens with zero attached hydrogens (tertiary/aromatic N) is 3. The molecular weight excluding hydrogens is 543 g/mol. The van der Waals surface area contributed by atoms with E-state index in [1.807, 2.05) is 25.9 Å². The molecule has 0 unspecified atom stereocenters. The molecule has 0 aliphatic heterocycles. The number of amides is 2. The Balaban J connectivity index is 1.54. The van der Waals surface area contributed by atoms with Gasteiger partial charge in [-0.25, -0.2) is 14.4 Å². The molecule has 0 radical (unpaired) electrons. The molecule has 1 heterocycles. The summed E-state index contributed by atoms with van der Waals surface area (Å²) in [6.45, 7) is 3.12. The number of nitrogens with one attached hydrogen (secondary N) is 3. The van der Waals surface area contributed by atoms with Gasteiger partial charge in [0, 0.05) is 32.1 Å². The fourth-order valence-electron chi connectivity index (χ4n) is 4.29. The van der Waals surface area contributed by atoms with Crippen molar-refractivity contribution in [2.75, 3.05) is 39.5 Å². The number of carbonyl (C=O) groups is 2. The quantitative estimate of drug-likeness (QED) is 0.240. The first kappa shape index (κ1) is 29.6. The van der Waals surface area contributed by atoms with Crippen LogP contribution in [0.25, 0.3) is 11.1 Å². The highest BCUT2D eigenvalue weighted by atomic mass is 35.5. The van der Waals surface area contributed by atoms with Gasteiger partial charge in [0.25, 0.3) is 11.8 Å². The Morgan fingerprint density at radius 2 is 1.76 bits per heavy atom. The molecule has 212 valence electrons. The number of para-hydroxylation sites is 1. The van der Waals surface area contributed by atoms with Crippen LogP contribution in [0.3, 0.4) is 0 Å². The first-order valence-electron chi connectivity index (χ1n) is 13.1. The smallest absolute Gasteiger partial charge is 0.253 e. The largest absolute Gasteiger partial charge is 0.355 e. The lowest BCUT2D eigenvalue weighted by atomic mass is 9.96. The Morgan fingerprint density at radius 1 is 1.02 bits per heavy atom. The summed E-state index contributed by atoms with van der Waals surface area (Å²) < 4.78 is 15.3. The lowest BCUT2D eigenvalue weighted by Gasteiger charge is -2.15. The van der Waals surface area contributed by atoms with Gasteiger partial charge < -0.3 is 20.9 Å². The van der Waals surface area contributed by atoms with E-state index in [0.29, 0.717) is 47.1 Å². The van der Waals surface area contributed by atoms with Gasteiger partial charge in [0.05, 0.1) is 17.4 Å². The van der Waals surface area contributed by atoms with Crippen molar-refractivity contribution in [3.63, 3.8) is 0 Å². The first-order valence-corrected chi connectivity index (χ1v) is 13.5. The SMILES string of the molecule is CNC(=O)c1ccc(-c2cc(F)c(Cc3ncc(Cl)c(Nc4ccccc4C(=O)NCCN(C)C)n3)cc2C)cc1. The molecule has 0 fully saturated rings. The van der Waals surface area contributed by atoms with Crippen molar-refractivity contribution in [1.82, 2.24) is 25.5 Å². The summed E-state index contributed by atoms with van der Waals surface area (Å²) >= 11 is 6.39. The number of hydrogen-bond donors (Lipinski definition) is 3. The van der Waals surface area contributed by atoms with Crippen molar-refractivity contribution in [3.8, 4) is 11.1 Å². The summed E-state index contributed by atoms with van der Waals surface area (Å²) in [4.78, 5) is 35.5. The van der Waals surface area contributed by atoms with Crippen LogP contribution < -0.4 is 16.0 Å². The summed E-state index contributed by atoms with van der Waals surface area (Å²) in [5.74, 6) is -0.116. The normalized spacial score (nSPS) is 10.9. The van der Waals surface area contributed by atoms with Gasteiger partial charge in [-0.05, 0) is 73.6 Å². The van der Waals surface area contributed by atoms with E-state index in [1.165, 1.54) is 12.3 Å². The van der Waals surface area contributed by atoms with E-state index in [9.17, 15) is 9.59 Å². The summed E-state index contributed by atoms with van der Waals surface area (Å²) in [7, 11) is 5.45. The predicted molar refractivity (Wildman–Crippen MR) is 160 cm³/mol. The number of anilines is 2. The molecule has 0 bridgehead atoms. The highest BCUT2D eigenvalue weighted by molar-refractivity contribution is 6.32. The molecule has 0 aliphatic carbocycles. The minimum Gasteiger partial charge on any atom is -0.355 e. The van der Waals surface area contributed by atoms with Gasteiger partial charge in [0.2, 0.25) is 0 Å². The maximum atomic E-state index is 15.3. The third kappa shape index (κ3) is 7.45. The van der Waals surface area contributed by atoms with Crippen LogP contribution in [-0.2, 0) is 6.42 Å². The van der Waals surface area contributed by atoms with Crippen molar-refractivity contribution >= 4 is 34.9 Å². The van der Waals surface area contributed by atoms with E-state index in [0.717, 1.165) is 16.7 Å². The number of aromatic nitrogens is 2. The number of hydrogen-bond acceptors (Lipinski definition) is 6. The molecule has 4 rings (SSSR count). The van der Waals surface area contributed by atoms with Crippen LogP contribution in [0.5, 0.6) is 0 Å². The van der Waals surface area contributed by atoms with E-state index < -0.39 is 5.82 Å². The van der Waals surface area contributed by atoms with Crippen molar-refractivity contribution < 1.29 is 14.0 Å². The zero-order chi connectivity index (χ0) is 29.5. The molecule has 0 atom stereocenters. The molecule has 4 aromatic rings. The summed E-state index contributed by atoms with van der Waals surface area (Å²) in [6.07, 6.45) is 1.60. The van der Waals surface area contributed by atoms with Crippen LogP contribution in [0.4, 0.5) is 15.9 Å². The maximum Gasteiger partial charge on any atom is 0.253 e. The molecule has 10 heteroatoms. The average Bonchev–Trinajstić information content (AvgIpc) is 2.96. The molecule has 0 aliphatic rings. The number of likely N-dealkylation sites (N-methyl/N-ethyl adjacent to an activating group) is 1. The second-order valence-electron chi connectivity index (χ2n) is 9.80. The Bertz CT molecular complexity index is 1560. The molecule has 3 aromatic carbocycles. The highest BCUT2D eigenvalue weighted by Crippen LogP contribution is 2.29. The van der Waals surface area contributed by atoms with Crippen LogP contribution in [0, 0.1) is 12.7 Å². The van der Waals surface area contributed by atoms with Crippen molar-refractivity contribution in [2.45, 2.75) is 13.3 Å². The van der Waals surface area contributed by atoms with Gasteiger partial charge in [0.1, 0.15) is 16.7 Å². The topological polar surface area (TPSA) is 99.2 Å². The van der Waals surface area contributed by atoms with Gasteiger partial charge in [-0.15, -0.1) is 0 Å². The summed E-state index contributed by atoms with van der Waals surface area (Å²) in [6, 6.07) is 17.3. The summed E-state index contributed by atoms with van der Waals surface area (Å²) in [5, 5.41) is 8.91. The zero-order valence-electron chi connectivity index (χ0n) is 23.4. The first-order chi connectivity index (χ1) is 19.7. The number of aryl methyl sites for hydroxylation is 1. The fourth-order valence-corrected chi connectivity index (χ4v) is 4.42. The van der Waals surface area contributed by atoms with Gasteiger partial charge in [-0.2, -0.15) is 0 Å². The van der Waals surface area contributed by atoms with Crippen molar-refractivity contribution in [1.29, 1.82) is 0 Å². The third-order valence-electron chi connectivity index (χ3n) is 6.49. The molecule has 0 spiro atoms. The number of benzene rings is 3. The Kier molecular flexibility index (Phi) is 9.65. The Labute approximate surface area is 244 Å². The van der Waals surface area contributed by atoms with Crippen LogP contribution in [-0.4, -0.2) is 60.9 Å².